The highest BCUT2D eigenvalue weighted by Crippen LogP contribution is 2.26. The highest BCUT2D eigenvalue weighted by molar-refractivity contribution is 7.16. The zero-order chi connectivity index (χ0) is 15.2. The Morgan fingerprint density at radius 3 is 2.85 bits per heavy atom. The van der Waals surface area contributed by atoms with Crippen LogP contribution >= 0.6 is 11.3 Å². The first-order chi connectivity index (χ1) is 9.30. The van der Waals surface area contributed by atoms with Crippen molar-refractivity contribution in [1.29, 1.82) is 0 Å². The normalized spacial score (nSPS) is 12.4. The molecule has 0 fully saturated rings. The quantitative estimate of drug-likeness (QED) is 0.839. The summed E-state index contributed by atoms with van der Waals surface area (Å²) in [6.45, 7) is 8.44. The molecule has 1 unspecified atom stereocenters. The van der Waals surface area contributed by atoms with Gasteiger partial charge in [-0.15, -0.1) is 0 Å². The van der Waals surface area contributed by atoms with E-state index in [2.05, 4.69) is 49.8 Å². The van der Waals surface area contributed by atoms with Crippen molar-refractivity contribution in [3.05, 3.63) is 11.1 Å². The lowest BCUT2D eigenvalue weighted by molar-refractivity contribution is -0.117. The number of nitrogens with zero attached hydrogens (tertiary/aromatic N) is 1. The molecular formula is C15H22N2O2S. The lowest BCUT2D eigenvalue weighted by Gasteiger charge is -2.22. The Morgan fingerprint density at radius 2 is 2.25 bits per heavy atom. The van der Waals surface area contributed by atoms with Crippen molar-refractivity contribution in [3.8, 4) is 11.8 Å². The highest BCUT2D eigenvalue weighted by Gasteiger charge is 2.18. The third kappa shape index (κ3) is 6.69. The number of hydrogen-bond acceptors (Lipinski definition) is 4. The Balaban J connectivity index is 2.48. The fourth-order valence-electron chi connectivity index (χ4n) is 2.12. The van der Waals surface area contributed by atoms with Gasteiger partial charge in [-0.2, -0.15) is 0 Å². The number of carbonyl (C=O) groups is 1. The Labute approximate surface area is 124 Å². The molecule has 1 rings (SSSR count). The van der Waals surface area contributed by atoms with Gasteiger partial charge < -0.3 is 10.4 Å². The van der Waals surface area contributed by atoms with E-state index in [1.165, 1.54) is 11.3 Å². The summed E-state index contributed by atoms with van der Waals surface area (Å²) in [5.41, 5.74) is 0.230. The van der Waals surface area contributed by atoms with Crippen molar-refractivity contribution < 1.29 is 9.90 Å². The van der Waals surface area contributed by atoms with Crippen molar-refractivity contribution in [2.24, 2.45) is 11.3 Å². The van der Waals surface area contributed by atoms with E-state index in [0.29, 0.717) is 17.5 Å². The van der Waals surface area contributed by atoms with E-state index in [-0.39, 0.29) is 17.9 Å². The van der Waals surface area contributed by atoms with E-state index in [9.17, 15) is 4.79 Å². The molecule has 0 aromatic carbocycles. The number of aliphatic hydroxyl groups excluding tert-OH is 1. The largest absolute Gasteiger partial charge is 0.384 e. The number of thiazole rings is 1. The van der Waals surface area contributed by atoms with Crippen LogP contribution in [0, 0.1) is 23.2 Å². The Kier molecular flexibility index (Phi) is 6.18. The molecular weight excluding hydrogens is 272 g/mol. The summed E-state index contributed by atoms with van der Waals surface area (Å²) in [7, 11) is 0. The van der Waals surface area contributed by atoms with Crippen LogP contribution in [0.15, 0.2) is 6.20 Å². The topological polar surface area (TPSA) is 62.2 Å². The number of hydrogen-bond donors (Lipinski definition) is 2. The Hall–Kier alpha value is -1.38. The van der Waals surface area contributed by atoms with Gasteiger partial charge in [-0.05, 0) is 17.8 Å². The summed E-state index contributed by atoms with van der Waals surface area (Å²) in [6.07, 6.45) is 3.10. The van der Waals surface area contributed by atoms with Gasteiger partial charge in [0, 0.05) is 6.42 Å². The Bertz CT molecular complexity index is 506. The molecule has 1 aromatic rings. The van der Waals surface area contributed by atoms with Crippen LogP contribution < -0.4 is 5.32 Å². The van der Waals surface area contributed by atoms with Gasteiger partial charge in [0.15, 0.2) is 5.13 Å². The molecule has 0 radical (unpaired) electrons. The first-order valence-electron chi connectivity index (χ1n) is 6.65. The molecule has 1 heterocycles. The number of nitrogens with one attached hydrogen (secondary N) is 1. The molecule has 0 bridgehead atoms. The van der Waals surface area contributed by atoms with Crippen LogP contribution in [0.1, 0.15) is 45.4 Å². The molecule has 1 aromatic heterocycles. The van der Waals surface area contributed by atoms with Crippen LogP contribution in [0.5, 0.6) is 0 Å². The van der Waals surface area contributed by atoms with Gasteiger partial charge in [-0.1, -0.05) is 50.9 Å². The molecule has 0 saturated heterocycles. The van der Waals surface area contributed by atoms with E-state index >= 15 is 0 Å². The van der Waals surface area contributed by atoms with Crippen molar-refractivity contribution in [3.63, 3.8) is 0 Å². The van der Waals surface area contributed by atoms with Gasteiger partial charge in [0.2, 0.25) is 5.91 Å². The number of rotatable bonds is 4. The van der Waals surface area contributed by atoms with Gasteiger partial charge in [-0.3, -0.25) is 4.79 Å². The van der Waals surface area contributed by atoms with E-state index in [1.807, 2.05) is 0 Å². The predicted octanol–water partition coefficient (Wildman–Crippen LogP) is 2.89. The van der Waals surface area contributed by atoms with Gasteiger partial charge in [0.25, 0.3) is 0 Å². The molecule has 2 N–H and O–H groups in total. The van der Waals surface area contributed by atoms with Crippen LogP contribution in [0.4, 0.5) is 5.13 Å². The van der Waals surface area contributed by atoms with Crippen LogP contribution in [-0.2, 0) is 4.79 Å². The molecule has 0 spiro atoms. The zero-order valence-corrected chi connectivity index (χ0v) is 13.3. The summed E-state index contributed by atoms with van der Waals surface area (Å²) in [5, 5.41) is 12.0. The molecule has 5 heteroatoms. The summed E-state index contributed by atoms with van der Waals surface area (Å²) < 4.78 is 0. The van der Waals surface area contributed by atoms with E-state index < -0.39 is 0 Å². The summed E-state index contributed by atoms with van der Waals surface area (Å²) in [4.78, 5) is 16.7. The fraction of sp³-hybridized carbons (Fsp3) is 0.600. The number of amides is 1. The smallest absolute Gasteiger partial charge is 0.226 e. The van der Waals surface area contributed by atoms with Crippen LogP contribution in [0.2, 0.25) is 0 Å². The minimum atomic E-state index is -0.177. The van der Waals surface area contributed by atoms with Crippen LogP contribution in [0.25, 0.3) is 0 Å². The number of aromatic nitrogens is 1. The Morgan fingerprint density at radius 1 is 1.55 bits per heavy atom. The molecule has 0 aliphatic heterocycles. The summed E-state index contributed by atoms with van der Waals surface area (Å²) in [6, 6.07) is 0. The second kappa shape index (κ2) is 7.41. The van der Waals surface area contributed by atoms with E-state index in [4.69, 9.17) is 5.11 Å². The van der Waals surface area contributed by atoms with Crippen molar-refractivity contribution >= 4 is 22.4 Å². The van der Waals surface area contributed by atoms with Gasteiger partial charge in [-0.25, -0.2) is 4.98 Å². The molecule has 0 aliphatic carbocycles. The summed E-state index contributed by atoms with van der Waals surface area (Å²) >= 11 is 1.31. The number of anilines is 1. The zero-order valence-electron chi connectivity index (χ0n) is 12.5. The maximum atomic E-state index is 11.9. The number of carbonyl (C=O) groups excluding carboxylic acids is 1. The maximum Gasteiger partial charge on any atom is 0.226 e. The molecule has 4 nitrogen and oxygen atoms in total. The molecule has 110 valence electrons. The van der Waals surface area contributed by atoms with E-state index in [0.717, 1.165) is 11.3 Å². The minimum Gasteiger partial charge on any atom is -0.384 e. The molecule has 1 atom stereocenters. The average molecular weight is 294 g/mol. The van der Waals surface area contributed by atoms with E-state index in [1.54, 1.807) is 6.20 Å². The second-order valence-corrected chi connectivity index (χ2v) is 7.14. The fourth-order valence-corrected chi connectivity index (χ4v) is 2.83. The lowest BCUT2D eigenvalue weighted by atomic mass is 9.84. The number of aliphatic hydroxyl groups is 1. The molecule has 0 aliphatic rings. The SMILES string of the molecule is CC(CC(=O)Nc1ncc(C#CCO)s1)CC(C)(C)C. The average Bonchev–Trinajstić information content (AvgIpc) is 2.70. The van der Waals surface area contributed by atoms with Crippen LogP contribution in [0.3, 0.4) is 0 Å². The van der Waals surface area contributed by atoms with Crippen molar-refractivity contribution in [2.75, 3.05) is 11.9 Å². The monoisotopic (exact) mass is 294 g/mol. The first-order valence-corrected chi connectivity index (χ1v) is 7.47. The molecule has 20 heavy (non-hydrogen) atoms. The molecule has 0 saturated carbocycles. The highest BCUT2D eigenvalue weighted by atomic mass is 32.1. The molecule has 1 amide bonds. The van der Waals surface area contributed by atoms with Crippen molar-refractivity contribution in [2.45, 2.75) is 40.5 Å². The third-order valence-corrected chi connectivity index (χ3v) is 3.37. The first kappa shape index (κ1) is 16.7. The van der Waals surface area contributed by atoms with Gasteiger partial charge in [0.1, 0.15) is 6.61 Å². The minimum absolute atomic E-state index is 0.0160. The standard InChI is InChI=1S/C15H22N2O2S/c1-11(9-15(2,3)4)8-13(19)17-14-16-10-12(20-14)6-5-7-18/h10-11,18H,7-9H2,1-4H3,(H,16,17,19). The van der Waals surface area contributed by atoms with Gasteiger partial charge >= 0.3 is 0 Å². The maximum absolute atomic E-state index is 11.9. The third-order valence-electron chi connectivity index (χ3n) is 2.54. The predicted molar refractivity (Wildman–Crippen MR) is 82.6 cm³/mol. The lowest BCUT2D eigenvalue weighted by Crippen LogP contribution is -2.18. The van der Waals surface area contributed by atoms with Crippen molar-refractivity contribution in [1.82, 2.24) is 4.98 Å². The van der Waals surface area contributed by atoms with Crippen LogP contribution in [-0.4, -0.2) is 22.6 Å². The second-order valence-electron chi connectivity index (χ2n) is 6.11. The summed E-state index contributed by atoms with van der Waals surface area (Å²) in [5.74, 6) is 5.64. The van der Waals surface area contributed by atoms with Gasteiger partial charge in [0.05, 0.1) is 11.1 Å².